The number of thioether (sulfide) groups is 1. The molecule has 1 amide bonds. The summed E-state index contributed by atoms with van der Waals surface area (Å²) in [6, 6.07) is 8.15. The number of rotatable bonds is 4. The molecule has 5 nitrogen and oxygen atoms in total. The highest BCUT2D eigenvalue weighted by Gasteiger charge is 2.41. The zero-order chi connectivity index (χ0) is 19.0. The van der Waals surface area contributed by atoms with Gasteiger partial charge in [0.2, 0.25) is 0 Å². The van der Waals surface area contributed by atoms with E-state index in [1.165, 1.54) is 4.90 Å². The van der Waals surface area contributed by atoms with Crippen LogP contribution in [0.15, 0.2) is 35.2 Å². The maximum Gasteiger partial charge on any atom is 0.327 e. The molecular formula is C18H15ClN2O3S2. The zero-order valence-electron chi connectivity index (χ0n) is 14.0. The molecule has 1 aliphatic heterocycles. The molecule has 0 unspecified atom stereocenters. The summed E-state index contributed by atoms with van der Waals surface area (Å²) in [7, 11) is 0. The van der Waals surface area contributed by atoms with Crippen molar-refractivity contribution in [3.05, 3.63) is 46.0 Å². The van der Waals surface area contributed by atoms with Crippen molar-refractivity contribution in [3.63, 3.8) is 0 Å². The SMILES string of the molecule is CC(C)[C@@H](C(=O)O)N1C(=O)/C(=C\c2ccc3cccc(Cl)c3n2)SC1=S. The van der Waals surface area contributed by atoms with E-state index in [-0.39, 0.29) is 10.2 Å². The summed E-state index contributed by atoms with van der Waals surface area (Å²) >= 11 is 12.5. The highest BCUT2D eigenvalue weighted by atomic mass is 35.5. The number of pyridine rings is 1. The average Bonchev–Trinajstić information content (AvgIpc) is 2.83. The van der Waals surface area contributed by atoms with Crippen molar-refractivity contribution in [1.29, 1.82) is 0 Å². The molecule has 1 aliphatic rings. The van der Waals surface area contributed by atoms with Crippen molar-refractivity contribution in [2.45, 2.75) is 19.9 Å². The van der Waals surface area contributed by atoms with Crippen LogP contribution in [0.2, 0.25) is 5.02 Å². The maximum atomic E-state index is 12.7. The summed E-state index contributed by atoms with van der Waals surface area (Å²) in [5.74, 6) is -1.76. The standard InChI is InChI=1S/C18H15ClN2O3S2/c1-9(2)15(17(23)24)21-16(22)13(26-18(21)25)8-11-7-6-10-4-3-5-12(19)14(10)20-11/h3-9,15H,1-2H3,(H,23,24)/b13-8+/t15-/m0/s1. The molecule has 0 aliphatic carbocycles. The molecule has 3 rings (SSSR count). The minimum absolute atomic E-state index is 0.237. The Morgan fingerprint density at radius 2 is 2.08 bits per heavy atom. The van der Waals surface area contributed by atoms with Crippen LogP contribution in [0.5, 0.6) is 0 Å². The number of hydrogen-bond acceptors (Lipinski definition) is 5. The van der Waals surface area contributed by atoms with Gasteiger partial charge in [-0.15, -0.1) is 0 Å². The number of thiocarbonyl (C=S) groups is 1. The van der Waals surface area contributed by atoms with Gasteiger partial charge in [-0.2, -0.15) is 0 Å². The van der Waals surface area contributed by atoms with Gasteiger partial charge in [0, 0.05) is 5.39 Å². The molecule has 2 heterocycles. The third kappa shape index (κ3) is 3.47. The highest BCUT2D eigenvalue weighted by molar-refractivity contribution is 8.26. The average molecular weight is 407 g/mol. The number of aromatic nitrogens is 1. The molecule has 1 atom stereocenters. The molecule has 134 valence electrons. The molecule has 0 radical (unpaired) electrons. The van der Waals surface area contributed by atoms with Crippen molar-refractivity contribution in [3.8, 4) is 0 Å². The van der Waals surface area contributed by atoms with Crippen molar-refractivity contribution in [2.24, 2.45) is 5.92 Å². The largest absolute Gasteiger partial charge is 0.480 e. The summed E-state index contributed by atoms with van der Waals surface area (Å²) in [5.41, 5.74) is 1.20. The first kappa shape index (κ1) is 18.8. The lowest BCUT2D eigenvalue weighted by atomic mass is 10.0. The fraction of sp³-hybridized carbons (Fsp3) is 0.222. The highest BCUT2D eigenvalue weighted by Crippen LogP contribution is 2.35. The van der Waals surface area contributed by atoms with E-state index in [9.17, 15) is 14.7 Å². The Morgan fingerprint density at radius 1 is 1.35 bits per heavy atom. The van der Waals surface area contributed by atoms with E-state index in [0.29, 0.717) is 21.1 Å². The van der Waals surface area contributed by atoms with Gasteiger partial charge in [-0.25, -0.2) is 9.78 Å². The normalized spacial score (nSPS) is 17.5. The minimum Gasteiger partial charge on any atom is -0.480 e. The van der Waals surface area contributed by atoms with Gasteiger partial charge in [0.05, 0.1) is 21.1 Å². The number of nitrogens with zero attached hydrogens (tertiary/aromatic N) is 2. The molecule has 26 heavy (non-hydrogen) atoms. The van der Waals surface area contributed by atoms with Gasteiger partial charge >= 0.3 is 5.97 Å². The predicted molar refractivity (Wildman–Crippen MR) is 108 cm³/mol. The van der Waals surface area contributed by atoms with Gasteiger partial charge in [-0.05, 0) is 24.1 Å². The van der Waals surface area contributed by atoms with Crippen LogP contribution in [-0.4, -0.2) is 37.2 Å². The fourth-order valence-electron chi connectivity index (χ4n) is 2.75. The molecule has 2 aromatic rings. The van der Waals surface area contributed by atoms with Gasteiger partial charge in [-0.1, -0.05) is 67.6 Å². The van der Waals surface area contributed by atoms with Gasteiger partial charge in [0.15, 0.2) is 0 Å². The van der Waals surface area contributed by atoms with E-state index in [1.54, 1.807) is 32.1 Å². The zero-order valence-corrected chi connectivity index (χ0v) is 16.4. The van der Waals surface area contributed by atoms with E-state index in [0.717, 1.165) is 17.1 Å². The monoisotopic (exact) mass is 406 g/mol. The number of halogens is 1. The number of carboxylic acid groups (broad SMARTS) is 1. The van der Waals surface area contributed by atoms with E-state index in [1.807, 2.05) is 18.2 Å². The number of fused-ring (bicyclic) bond motifs is 1. The number of carboxylic acids is 1. The lowest BCUT2D eigenvalue weighted by molar-refractivity contribution is -0.146. The Balaban J connectivity index is 1.98. The van der Waals surface area contributed by atoms with Crippen molar-refractivity contribution >= 4 is 68.8 Å². The van der Waals surface area contributed by atoms with E-state index in [2.05, 4.69) is 4.98 Å². The molecule has 1 aromatic heterocycles. The number of benzene rings is 1. The Labute approximate surface area is 165 Å². The molecular weight excluding hydrogens is 392 g/mol. The van der Waals surface area contributed by atoms with Crippen LogP contribution in [0.3, 0.4) is 0 Å². The van der Waals surface area contributed by atoms with Crippen LogP contribution >= 0.6 is 35.6 Å². The Bertz CT molecular complexity index is 959. The van der Waals surface area contributed by atoms with E-state index in [4.69, 9.17) is 23.8 Å². The molecule has 0 spiro atoms. The third-order valence-electron chi connectivity index (χ3n) is 3.96. The molecule has 8 heteroatoms. The second-order valence-corrected chi connectivity index (χ2v) is 8.21. The first-order chi connectivity index (χ1) is 12.3. The molecule has 1 saturated heterocycles. The lowest BCUT2D eigenvalue weighted by Crippen LogP contribution is -2.47. The van der Waals surface area contributed by atoms with Gasteiger partial charge in [-0.3, -0.25) is 9.69 Å². The number of amides is 1. The Morgan fingerprint density at radius 3 is 2.73 bits per heavy atom. The van der Waals surface area contributed by atoms with Crippen molar-refractivity contribution in [2.75, 3.05) is 0 Å². The minimum atomic E-state index is -1.08. The number of aliphatic carboxylic acids is 1. The van der Waals surface area contributed by atoms with Crippen LogP contribution in [0.1, 0.15) is 19.5 Å². The summed E-state index contributed by atoms with van der Waals surface area (Å²) in [4.78, 5) is 30.3. The molecule has 1 N–H and O–H groups in total. The predicted octanol–water partition coefficient (Wildman–Crippen LogP) is 4.20. The van der Waals surface area contributed by atoms with E-state index < -0.39 is 17.9 Å². The van der Waals surface area contributed by atoms with Gasteiger partial charge in [0.1, 0.15) is 10.4 Å². The molecule has 1 aromatic carbocycles. The van der Waals surface area contributed by atoms with Crippen LogP contribution in [0.4, 0.5) is 0 Å². The molecule has 0 saturated carbocycles. The van der Waals surface area contributed by atoms with Gasteiger partial charge in [0.25, 0.3) is 5.91 Å². The Kier molecular flexibility index (Phi) is 5.32. The fourth-order valence-corrected chi connectivity index (χ4v) is 4.29. The summed E-state index contributed by atoms with van der Waals surface area (Å²) in [5, 5.41) is 10.9. The number of hydrogen-bond donors (Lipinski definition) is 1. The van der Waals surface area contributed by atoms with Crippen LogP contribution in [-0.2, 0) is 9.59 Å². The molecule has 1 fully saturated rings. The van der Waals surface area contributed by atoms with Crippen molar-refractivity contribution in [1.82, 2.24) is 9.88 Å². The number of para-hydroxylation sites is 1. The summed E-state index contributed by atoms with van der Waals surface area (Å²) in [6.07, 6.45) is 1.61. The van der Waals surface area contributed by atoms with Crippen LogP contribution < -0.4 is 0 Å². The van der Waals surface area contributed by atoms with Gasteiger partial charge < -0.3 is 5.11 Å². The quantitative estimate of drug-likeness (QED) is 0.606. The first-order valence-electron chi connectivity index (χ1n) is 7.84. The number of carbonyl (C=O) groups excluding carboxylic acids is 1. The topological polar surface area (TPSA) is 70.5 Å². The number of carbonyl (C=O) groups is 2. The summed E-state index contributed by atoms with van der Waals surface area (Å²) < 4.78 is 0.237. The second kappa shape index (κ2) is 7.34. The summed E-state index contributed by atoms with van der Waals surface area (Å²) in [6.45, 7) is 3.49. The third-order valence-corrected chi connectivity index (χ3v) is 5.59. The smallest absolute Gasteiger partial charge is 0.327 e. The molecule has 0 bridgehead atoms. The van der Waals surface area contributed by atoms with Crippen LogP contribution in [0.25, 0.3) is 17.0 Å². The Hall–Kier alpha value is -1.96. The first-order valence-corrected chi connectivity index (χ1v) is 9.45. The van der Waals surface area contributed by atoms with Crippen LogP contribution in [0, 0.1) is 5.92 Å². The van der Waals surface area contributed by atoms with E-state index >= 15 is 0 Å². The van der Waals surface area contributed by atoms with Crippen molar-refractivity contribution < 1.29 is 14.7 Å². The maximum absolute atomic E-state index is 12.7. The lowest BCUT2D eigenvalue weighted by Gasteiger charge is -2.26. The second-order valence-electron chi connectivity index (χ2n) is 6.13.